The van der Waals surface area contributed by atoms with Gasteiger partial charge in [-0.2, -0.15) is 16.6 Å². The first-order chi connectivity index (χ1) is 12.7. The second-order valence-corrected chi connectivity index (χ2v) is 7.72. The highest BCUT2D eigenvalue weighted by molar-refractivity contribution is 7.08. The van der Waals surface area contributed by atoms with E-state index in [1.807, 2.05) is 17.5 Å². The molecule has 0 spiro atoms. The molecule has 5 nitrogen and oxygen atoms in total. The predicted molar refractivity (Wildman–Crippen MR) is 104 cm³/mol. The molecule has 6 heteroatoms. The monoisotopic (exact) mass is 366 g/mol. The van der Waals surface area contributed by atoms with Crippen LogP contribution in [0.2, 0.25) is 0 Å². The zero-order valence-electron chi connectivity index (χ0n) is 14.6. The number of carbonyl (C=O) groups excluding carboxylic acids is 1. The van der Waals surface area contributed by atoms with Gasteiger partial charge in [-0.05, 0) is 65.9 Å². The average molecular weight is 366 g/mol. The van der Waals surface area contributed by atoms with Gasteiger partial charge in [0.25, 0.3) is 0 Å². The van der Waals surface area contributed by atoms with Gasteiger partial charge in [0.1, 0.15) is 6.07 Å². The van der Waals surface area contributed by atoms with Crippen molar-refractivity contribution in [3.8, 4) is 17.2 Å². The molecule has 3 heterocycles. The molecule has 2 saturated heterocycles. The molecule has 2 aliphatic heterocycles. The van der Waals surface area contributed by atoms with Crippen molar-refractivity contribution in [1.82, 2.24) is 10.6 Å². The highest BCUT2D eigenvalue weighted by Crippen LogP contribution is 2.30. The van der Waals surface area contributed by atoms with Crippen LogP contribution in [-0.4, -0.2) is 37.6 Å². The Labute approximate surface area is 157 Å². The van der Waals surface area contributed by atoms with E-state index in [1.165, 1.54) is 0 Å². The standard InChI is InChI=1S/C20H22N4OS/c21-11-16-10-14(15-6-9-26-13-15)3-4-19(16)24-8-5-17(12-24)23-20(25)18-2-1-7-22-18/h3-4,6,9-10,13,17-18,22H,1-2,5,7-8,12H2,(H,23,25)/t17-,18-/m0/s1. The Morgan fingerprint density at radius 2 is 2.23 bits per heavy atom. The number of hydrogen-bond acceptors (Lipinski definition) is 5. The fourth-order valence-electron chi connectivity index (χ4n) is 3.82. The van der Waals surface area contributed by atoms with Crippen molar-refractivity contribution in [3.05, 3.63) is 40.6 Å². The number of hydrogen-bond donors (Lipinski definition) is 2. The van der Waals surface area contributed by atoms with Gasteiger partial charge in [0, 0.05) is 19.1 Å². The first kappa shape index (κ1) is 17.1. The molecule has 1 amide bonds. The lowest BCUT2D eigenvalue weighted by Gasteiger charge is -2.21. The Morgan fingerprint density at radius 3 is 2.96 bits per heavy atom. The first-order valence-corrected chi connectivity index (χ1v) is 10.0. The van der Waals surface area contributed by atoms with Gasteiger partial charge < -0.3 is 15.5 Å². The van der Waals surface area contributed by atoms with E-state index in [2.05, 4.69) is 39.1 Å². The third-order valence-electron chi connectivity index (χ3n) is 5.22. The second kappa shape index (κ2) is 7.48. The molecule has 26 heavy (non-hydrogen) atoms. The van der Waals surface area contributed by atoms with E-state index in [1.54, 1.807) is 11.3 Å². The molecule has 0 radical (unpaired) electrons. The number of nitrogens with zero attached hydrogens (tertiary/aromatic N) is 2. The number of nitrogens with one attached hydrogen (secondary N) is 2. The molecule has 2 aliphatic rings. The van der Waals surface area contributed by atoms with E-state index in [0.717, 1.165) is 55.7 Å². The van der Waals surface area contributed by atoms with Gasteiger partial charge in [-0.1, -0.05) is 6.07 Å². The summed E-state index contributed by atoms with van der Waals surface area (Å²) < 4.78 is 0. The number of rotatable bonds is 4. The normalized spacial score (nSPS) is 22.3. The summed E-state index contributed by atoms with van der Waals surface area (Å²) in [6.45, 7) is 2.54. The van der Waals surface area contributed by atoms with Crippen LogP contribution in [0.4, 0.5) is 5.69 Å². The molecular formula is C20H22N4OS. The molecule has 2 atom stereocenters. The Kier molecular flexibility index (Phi) is 4.91. The van der Waals surface area contributed by atoms with Crippen molar-refractivity contribution >= 4 is 22.9 Å². The quantitative estimate of drug-likeness (QED) is 0.873. The fraction of sp³-hybridized carbons (Fsp3) is 0.400. The van der Waals surface area contributed by atoms with Crippen LogP contribution < -0.4 is 15.5 Å². The summed E-state index contributed by atoms with van der Waals surface area (Å²) in [7, 11) is 0. The molecule has 2 N–H and O–H groups in total. The van der Waals surface area contributed by atoms with Crippen molar-refractivity contribution in [1.29, 1.82) is 5.26 Å². The van der Waals surface area contributed by atoms with Gasteiger partial charge in [0.15, 0.2) is 0 Å². The third-order valence-corrected chi connectivity index (χ3v) is 5.91. The fourth-order valence-corrected chi connectivity index (χ4v) is 4.48. The van der Waals surface area contributed by atoms with Crippen LogP contribution in [0.15, 0.2) is 35.0 Å². The molecule has 4 rings (SSSR count). The topological polar surface area (TPSA) is 68.2 Å². The molecule has 0 bridgehead atoms. The highest BCUT2D eigenvalue weighted by atomic mass is 32.1. The zero-order valence-corrected chi connectivity index (χ0v) is 15.4. The molecule has 0 saturated carbocycles. The van der Waals surface area contributed by atoms with E-state index in [-0.39, 0.29) is 18.0 Å². The largest absolute Gasteiger partial charge is 0.368 e. The van der Waals surface area contributed by atoms with Crippen LogP contribution in [-0.2, 0) is 4.79 Å². The maximum atomic E-state index is 12.3. The van der Waals surface area contributed by atoms with Crippen molar-refractivity contribution in [2.45, 2.75) is 31.3 Å². The van der Waals surface area contributed by atoms with Crippen molar-refractivity contribution in [3.63, 3.8) is 0 Å². The van der Waals surface area contributed by atoms with Gasteiger partial charge >= 0.3 is 0 Å². The van der Waals surface area contributed by atoms with Crippen LogP contribution in [0, 0.1) is 11.3 Å². The third kappa shape index (κ3) is 3.46. The number of amides is 1. The van der Waals surface area contributed by atoms with Crippen LogP contribution >= 0.6 is 11.3 Å². The van der Waals surface area contributed by atoms with Crippen LogP contribution in [0.5, 0.6) is 0 Å². The number of benzene rings is 1. The van der Waals surface area contributed by atoms with Gasteiger partial charge in [0.2, 0.25) is 5.91 Å². The predicted octanol–water partition coefficient (Wildman–Crippen LogP) is 2.73. The zero-order chi connectivity index (χ0) is 17.9. The van der Waals surface area contributed by atoms with Gasteiger partial charge in [-0.25, -0.2) is 0 Å². The molecule has 2 fully saturated rings. The summed E-state index contributed by atoms with van der Waals surface area (Å²) in [6, 6.07) is 10.6. The molecule has 1 aromatic heterocycles. The second-order valence-electron chi connectivity index (χ2n) is 6.94. The van der Waals surface area contributed by atoms with Crippen molar-refractivity contribution < 1.29 is 4.79 Å². The molecule has 134 valence electrons. The minimum absolute atomic E-state index is 0.0383. The van der Waals surface area contributed by atoms with Crippen LogP contribution in [0.25, 0.3) is 11.1 Å². The van der Waals surface area contributed by atoms with E-state index in [9.17, 15) is 10.1 Å². The number of thiophene rings is 1. The number of anilines is 1. The molecule has 0 unspecified atom stereocenters. The summed E-state index contributed by atoms with van der Waals surface area (Å²) in [6.07, 6.45) is 2.90. The lowest BCUT2D eigenvalue weighted by molar-refractivity contribution is -0.123. The van der Waals surface area contributed by atoms with Gasteiger partial charge in [-0.3, -0.25) is 4.79 Å². The minimum Gasteiger partial charge on any atom is -0.368 e. The molecular weight excluding hydrogens is 344 g/mol. The Balaban J connectivity index is 1.45. The SMILES string of the molecule is N#Cc1cc(-c2ccsc2)ccc1N1CC[C@H](NC(=O)[C@@H]2CCCN2)C1. The lowest BCUT2D eigenvalue weighted by Crippen LogP contribution is -2.46. The van der Waals surface area contributed by atoms with E-state index in [0.29, 0.717) is 5.56 Å². The van der Waals surface area contributed by atoms with Crippen LogP contribution in [0.1, 0.15) is 24.8 Å². The maximum absolute atomic E-state index is 12.3. The Hall–Kier alpha value is -2.36. The summed E-state index contributed by atoms with van der Waals surface area (Å²) >= 11 is 1.66. The summed E-state index contributed by atoms with van der Waals surface area (Å²) in [4.78, 5) is 14.5. The van der Waals surface area contributed by atoms with E-state index in [4.69, 9.17) is 0 Å². The van der Waals surface area contributed by atoms with Gasteiger partial charge in [0.05, 0.1) is 17.3 Å². The van der Waals surface area contributed by atoms with E-state index >= 15 is 0 Å². The summed E-state index contributed by atoms with van der Waals surface area (Å²) in [5.41, 5.74) is 3.87. The Morgan fingerprint density at radius 1 is 1.31 bits per heavy atom. The molecule has 0 aliphatic carbocycles. The number of nitriles is 1. The van der Waals surface area contributed by atoms with E-state index < -0.39 is 0 Å². The van der Waals surface area contributed by atoms with Gasteiger partial charge in [-0.15, -0.1) is 0 Å². The Bertz CT molecular complexity index is 821. The average Bonchev–Trinajstić information content (AvgIpc) is 3.42. The highest BCUT2D eigenvalue weighted by Gasteiger charge is 2.29. The van der Waals surface area contributed by atoms with Crippen molar-refractivity contribution in [2.75, 3.05) is 24.5 Å². The van der Waals surface area contributed by atoms with Crippen molar-refractivity contribution in [2.24, 2.45) is 0 Å². The van der Waals surface area contributed by atoms with Crippen LogP contribution in [0.3, 0.4) is 0 Å². The molecule has 1 aromatic carbocycles. The molecule has 2 aromatic rings. The lowest BCUT2D eigenvalue weighted by atomic mass is 10.0. The number of carbonyl (C=O) groups is 1. The summed E-state index contributed by atoms with van der Waals surface area (Å²) in [5.74, 6) is 0.114. The smallest absolute Gasteiger partial charge is 0.237 e. The maximum Gasteiger partial charge on any atom is 0.237 e. The minimum atomic E-state index is -0.0383. The first-order valence-electron chi connectivity index (χ1n) is 9.10. The summed E-state index contributed by atoms with van der Waals surface area (Å²) in [5, 5.41) is 20.1.